The first-order chi connectivity index (χ1) is 9.73. The van der Waals surface area contributed by atoms with Crippen LogP contribution in [-0.2, 0) is 26.1 Å². The Morgan fingerprint density at radius 3 is 3.05 bits per heavy atom. The molecule has 4 heteroatoms. The number of ether oxygens (including phenoxy) is 3. The van der Waals surface area contributed by atoms with Crippen LogP contribution in [-0.4, -0.2) is 32.4 Å². The van der Waals surface area contributed by atoms with E-state index in [0.717, 1.165) is 38.2 Å². The number of fused-ring (bicyclic) bond motifs is 2. The fourth-order valence-electron chi connectivity index (χ4n) is 3.23. The first kappa shape index (κ1) is 13.4. The molecule has 4 nitrogen and oxygen atoms in total. The van der Waals surface area contributed by atoms with E-state index in [0.29, 0.717) is 6.61 Å². The molecule has 1 spiro atoms. The molecule has 108 valence electrons. The molecule has 0 bridgehead atoms. The molecule has 1 unspecified atom stereocenters. The quantitative estimate of drug-likeness (QED) is 0.791. The van der Waals surface area contributed by atoms with Gasteiger partial charge in [0.1, 0.15) is 5.75 Å². The SMILES string of the molecule is CCOC(=O)COc1ccc2c(c1)C1(CCOC1)CC2. The summed E-state index contributed by atoms with van der Waals surface area (Å²) in [6.45, 7) is 3.79. The van der Waals surface area contributed by atoms with Crippen molar-refractivity contribution < 1.29 is 19.0 Å². The number of carbonyl (C=O) groups is 1. The molecule has 1 atom stereocenters. The standard InChI is InChI=1S/C16H20O4/c1-2-19-15(17)10-20-13-4-3-12-5-6-16(14(12)9-13)7-8-18-11-16/h3-4,9H,2,5-8,10-11H2,1H3. The molecule has 1 aromatic carbocycles. The lowest BCUT2D eigenvalue weighted by molar-refractivity contribution is -0.145. The lowest BCUT2D eigenvalue weighted by Gasteiger charge is -2.22. The number of esters is 1. The topological polar surface area (TPSA) is 44.8 Å². The lowest BCUT2D eigenvalue weighted by Crippen LogP contribution is -2.23. The maximum absolute atomic E-state index is 11.3. The summed E-state index contributed by atoms with van der Waals surface area (Å²) >= 11 is 0. The molecular weight excluding hydrogens is 256 g/mol. The molecule has 0 amide bonds. The molecule has 0 N–H and O–H groups in total. The second-order valence-corrected chi connectivity index (χ2v) is 5.50. The molecule has 1 aliphatic carbocycles. The number of aryl methyl sites for hydroxylation is 1. The van der Waals surface area contributed by atoms with E-state index in [-0.39, 0.29) is 18.0 Å². The zero-order chi connectivity index (χ0) is 14.0. The van der Waals surface area contributed by atoms with Crippen molar-refractivity contribution in [3.8, 4) is 5.75 Å². The molecule has 1 aromatic rings. The van der Waals surface area contributed by atoms with E-state index in [1.807, 2.05) is 6.07 Å². The minimum Gasteiger partial charge on any atom is -0.482 e. The van der Waals surface area contributed by atoms with E-state index < -0.39 is 0 Å². The fraction of sp³-hybridized carbons (Fsp3) is 0.562. The maximum atomic E-state index is 11.3. The lowest BCUT2D eigenvalue weighted by atomic mass is 9.81. The average Bonchev–Trinajstić information content (AvgIpc) is 3.07. The summed E-state index contributed by atoms with van der Waals surface area (Å²) in [6.07, 6.45) is 3.35. The van der Waals surface area contributed by atoms with Gasteiger partial charge in [0, 0.05) is 12.0 Å². The second kappa shape index (κ2) is 5.44. The summed E-state index contributed by atoms with van der Waals surface area (Å²) in [5.41, 5.74) is 2.91. The fourth-order valence-corrected chi connectivity index (χ4v) is 3.23. The third-order valence-electron chi connectivity index (χ3n) is 4.29. The normalized spacial score (nSPS) is 23.9. The Kier molecular flexibility index (Phi) is 3.66. The summed E-state index contributed by atoms with van der Waals surface area (Å²) in [5, 5.41) is 0. The third-order valence-corrected chi connectivity index (χ3v) is 4.29. The van der Waals surface area contributed by atoms with Crippen LogP contribution < -0.4 is 4.74 Å². The van der Waals surface area contributed by atoms with E-state index >= 15 is 0 Å². The minimum absolute atomic E-state index is 0.0316. The Labute approximate surface area is 119 Å². The average molecular weight is 276 g/mol. The zero-order valence-electron chi connectivity index (χ0n) is 11.8. The van der Waals surface area contributed by atoms with Crippen molar-refractivity contribution in [2.45, 2.75) is 31.6 Å². The highest BCUT2D eigenvalue weighted by Gasteiger charge is 2.42. The van der Waals surface area contributed by atoms with Crippen LogP contribution >= 0.6 is 0 Å². The van der Waals surface area contributed by atoms with Crippen LogP contribution in [0, 0.1) is 0 Å². The van der Waals surface area contributed by atoms with Gasteiger partial charge < -0.3 is 14.2 Å². The number of hydrogen-bond acceptors (Lipinski definition) is 4. The first-order valence-corrected chi connectivity index (χ1v) is 7.23. The predicted octanol–water partition coefficient (Wildman–Crippen LogP) is 2.23. The highest BCUT2D eigenvalue weighted by Crippen LogP contribution is 2.45. The van der Waals surface area contributed by atoms with E-state index in [9.17, 15) is 4.79 Å². The monoisotopic (exact) mass is 276 g/mol. The van der Waals surface area contributed by atoms with E-state index in [2.05, 4.69) is 12.1 Å². The van der Waals surface area contributed by atoms with Gasteiger partial charge in [-0.05, 0) is 49.4 Å². The highest BCUT2D eigenvalue weighted by atomic mass is 16.6. The highest BCUT2D eigenvalue weighted by molar-refractivity contribution is 5.71. The molecule has 1 fully saturated rings. The van der Waals surface area contributed by atoms with Crippen LogP contribution in [0.15, 0.2) is 18.2 Å². The molecule has 1 aliphatic heterocycles. The van der Waals surface area contributed by atoms with Gasteiger partial charge in [-0.15, -0.1) is 0 Å². The molecule has 0 saturated carbocycles. The molecule has 20 heavy (non-hydrogen) atoms. The van der Waals surface area contributed by atoms with Gasteiger partial charge in [-0.25, -0.2) is 4.79 Å². The summed E-state index contributed by atoms with van der Waals surface area (Å²) in [7, 11) is 0. The van der Waals surface area contributed by atoms with Gasteiger partial charge in [0.2, 0.25) is 0 Å². The minimum atomic E-state index is -0.327. The summed E-state index contributed by atoms with van der Waals surface area (Å²) < 4.78 is 16.0. The van der Waals surface area contributed by atoms with Crippen molar-refractivity contribution in [3.63, 3.8) is 0 Å². The largest absolute Gasteiger partial charge is 0.482 e. The van der Waals surface area contributed by atoms with Gasteiger partial charge in [0.15, 0.2) is 6.61 Å². The van der Waals surface area contributed by atoms with Crippen LogP contribution in [0.4, 0.5) is 0 Å². The molecule has 1 heterocycles. The van der Waals surface area contributed by atoms with Crippen LogP contribution in [0.1, 0.15) is 30.9 Å². The van der Waals surface area contributed by atoms with Gasteiger partial charge in [0.05, 0.1) is 13.2 Å². The van der Waals surface area contributed by atoms with Crippen molar-refractivity contribution >= 4 is 5.97 Å². The first-order valence-electron chi connectivity index (χ1n) is 7.23. The van der Waals surface area contributed by atoms with Gasteiger partial charge in [-0.2, -0.15) is 0 Å². The number of rotatable bonds is 4. The van der Waals surface area contributed by atoms with Crippen molar-refractivity contribution in [1.82, 2.24) is 0 Å². The molecule has 1 saturated heterocycles. The van der Waals surface area contributed by atoms with Crippen molar-refractivity contribution in [2.24, 2.45) is 0 Å². The van der Waals surface area contributed by atoms with Crippen molar-refractivity contribution in [2.75, 3.05) is 26.4 Å². The summed E-state index contributed by atoms with van der Waals surface area (Å²) in [4.78, 5) is 11.3. The van der Waals surface area contributed by atoms with Crippen LogP contribution in [0.2, 0.25) is 0 Å². The third kappa shape index (κ3) is 2.40. The van der Waals surface area contributed by atoms with Gasteiger partial charge in [-0.1, -0.05) is 6.07 Å². The Balaban J connectivity index is 1.74. The Morgan fingerprint density at radius 1 is 1.40 bits per heavy atom. The Morgan fingerprint density at radius 2 is 2.30 bits per heavy atom. The van der Waals surface area contributed by atoms with Crippen LogP contribution in [0.5, 0.6) is 5.75 Å². The molecule has 2 aliphatic rings. The van der Waals surface area contributed by atoms with Gasteiger partial charge in [0.25, 0.3) is 0 Å². The molecule has 3 rings (SSSR count). The summed E-state index contributed by atoms with van der Waals surface area (Å²) in [5.74, 6) is 0.414. The second-order valence-electron chi connectivity index (χ2n) is 5.50. The molecule has 0 radical (unpaired) electrons. The van der Waals surface area contributed by atoms with Crippen LogP contribution in [0.25, 0.3) is 0 Å². The zero-order valence-corrected chi connectivity index (χ0v) is 11.8. The van der Waals surface area contributed by atoms with E-state index in [1.54, 1.807) is 6.92 Å². The van der Waals surface area contributed by atoms with E-state index in [1.165, 1.54) is 11.1 Å². The Hall–Kier alpha value is -1.55. The number of benzene rings is 1. The maximum Gasteiger partial charge on any atom is 0.344 e. The van der Waals surface area contributed by atoms with Crippen LogP contribution in [0.3, 0.4) is 0 Å². The molecular formula is C16H20O4. The predicted molar refractivity (Wildman–Crippen MR) is 74.0 cm³/mol. The van der Waals surface area contributed by atoms with Gasteiger partial charge >= 0.3 is 5.97 Å². The van der Waals surface area contributed by atoms with Gasteiger partial charge in [-0.3, -0.25) is 0 Å². The molecule has 0 aromatic heterocycles. The number of hydrogen-bond donors (Lipinski definition) is 0. The Bertz CT molecular complexity index is 503. The smallest absolute Gasteiger partial charge is 0.344 e. The van der Waals surface area contributed by atoms with Crippen molar-refractivity contribution in [3.05, 3.63) is 29.3 Å². The number of carbonyl (C=O) groups excluding carboxylic acids is 1. The van der Waals surface area contributed by atoms with E-state index in [4.69, 9.17) is 14.2 Å². The summed E-state index contributed by atoms with van der Waals surface area (Å²) in [6, 6.07) is 6.13. The van der Waals surface area contributed by atoms with Crippen molar-refractivity contribution in [1.29, 1.82) is 0 Å².